The molecule has 0 radical (unpaired) electrons. The molecule has 1 aromatic carbocycles. The second-order valence-electron chi connectivity index (χ2n) is 4.13. The van der Waals surface area contributed by atoms with Crippen molar-refractivity contribution in [3.05, 3.63) is 57.2 Å². The van der Waals surface area contributed by atoms with Crippen molar-refractivity contribution < 1.29 is 18.4 Å². The van der Waals surface area contributed by atoms with Crippen molar-refractivity contribution >= 4 is 34.8 Å². The summed E-state index contributed by atoms with van der Waals surface area (Å²) >= 11 is 11.6. The number of hydrogen-bond acceptors (Lipinski definition) is 3. The minimum absolute atomic E-state index is 0.0121. The fourth-order valence-electron chi connectivity index (χ4n) is 1.79. The van der Waals surface area contributed by atoms with Gasteiger partial charge in [0.15, 0.2) is 11.6 Å². The quantitative estimate of drug-likeness (QED) is 0.474. The summed E-state index contributed by atoms with van der Waals surface area (Å²) in [6.07, 6.45) is 0.901. The van der Waals surface area contributed by atoms with Gasteiger partial charge in [-0.1, -0.05) is 23.2 Å². The smallest absolute Gasteiger partial charge is 0.174 e. The van der Waals surface area contributed by atoms with Crippen LogP contribution >= 0.6 is 23.2 Å². The van der Waals surface area contributed by atoms with Crippen LogP contribution < -0.4 is 0 Å². The third-order valence-corrected chi connectivity index (χ3v) is 3.49. The number of carbonyl (C=O) groups is 2. The van der Waals surface area contributed by atoms with Gasteiger partial charge in [-0.05, 0) is 25.1 Å². The largest absolute Gasteiger partial charge is 0.469 e. The molecule has 6 heteroatoms. The topological polar surface area (TPSA) is 47.3 Å². The van der Waals surface area contributed by atoms with E-state index in [1.165, 1.54) is 18.4 Å². The van der Waals surface area contributed by atoms with Crippen molar-refractivity contribution in [2.75, 3.05) is 0 Å². The van der Waals surface area contributed by atoms with Crippen LogP contribution in [0.2, 0.25) is 10.0 Å². The molecule has 3 nitrogen and oxygen atoms in total. The molecular formula is C14H9Cl2FO3. The number of halogens is 3. The van der Waals surface area contributed by atoms with E-state index in [1.54, 1.807) is 6.92 Å². The molecule has 0 aliphatic heterocycles. The van der Waals surface area contributed by atoms with Gasteiger partial charge in [0.2, 0.25) is 0 Å². The SMILES string of the molecule is Cc1occc1C(=O)CC(=O)c1c(Cl)ccc(F)c1Cl. The molecule has 0 spiro atoms. The monoisotopic (exact) mass is 314 g/mol. The van der Waals surface area contributed by atoms with E-state index in [0.717, 1.165) is 6.07 Å². The van der Waals surface area contributed by atoms with Crippen LogP contribution in [0.25, 0.3) is 0 Å². The maximum Gasteiger partial charge on any atom is 0.174 e. The lowest BCUT2D eigenvalue weighted by Gasteiger charge is -2.06. The van der Waals surface area contributed by atoms with Crippen molar-refractivity contribution in [2.24, 2.45) is 0 Å². The number of carbonyl (C=O) groups excluding carboxylic acids is 2. The third-order valence-electron chi connectivity index (χ3n) is 2.80. The Kier molecular flexibility index (Phi) is 4.26. The Hall–Kier alpha value is -1.65. The minimum Gasteiger partial charge on any atom is -0.469 e. The molecule has 0 unspecified atom stereocenters. The molecule has 0 aliphatic rings. The summed E-state index contributed by atoms with van der Waals surface area (Å²) < 4.78 is 18.3. The van der Waals surface area contributed by atoms with Crippen LogP contribution in [0.5, 0.6) is 0 Å². The van der Waals surface area contributed by atoms with Crippen molar-refractivity contribution in [3.63, 3.8) is 0 Å². The number of benzene rings is 1. The molecule has 2 rings (SSSR count). The van der Waals surface area contributed by atoms with Crippen LogP contribution in [-0.2, 0) is 0 Å². The molecule has 1 aromatic heterocycles. The first-order valence-corrected chi connectivity index (χ1v) is 6.41. The van der Waals surface area contributed by atoms with Crippen molar-refractivity contribution in [3.8, 4) is 0 Å². The molecule has 20 heavy (non-hydrogen) atoms. The molecule has 0 atom stereocenters. The fraction of sp³-hybridized carbons (Fsp3) is 0.143. The predicted molar refractivity (Wildman–Crippen MR) is 73.1 cm³/mol. The molecule has 0 fully saturated rings. The highest BCUT2D eigenvalue weighted by atomic mass is 35.5. The number of rotatable bonds is 4. The Balaban J connectivity index is 2.28. The summed E-state index contributed by atoms with van der Waals surface area (Å²) in [7, 11) is 0. The summed E-state index contributed by atoms with van der Waals surface area (Å²) in [6.45, 7) is 1.61. The highest BCUT2D eigenvalue weighted by Crippen LogP contribution is 2.29. The third kappa shape index (κ3) is 2.76. The maximum atomic E-state index is 13.4. The zero-order valence-corrected chi connectivity index (χ0v) is 11.9. The molecule has 0 bridgehead atoms. The van der Waals surface area contributed by atoms with Gasteiger partial charge < -0.3 is 4.42 Å². The second-order valence-corrected chi connectivity index (χ2v) is 4.92. The van der Waals surface area contributed by atoms with Crippen LogP contribution in [0, 0.1) is 12.7 Å². The molecule has 0 saturated carbocycles. The Morgan fingerprint density at radius 3 is 2.50 bits per heavy atom. The van der Waals surface area contributed by atoms with Crippen LogP contribution in [0.15, 0.2) is 28.9 Å². The molecule has 0 aliphatic carbocycles. The van der Waals surface area contributed by atoms with Gasteiger partial charge in [0.1, 0.15) is 11.6 Å². The predicted octanol–water partition coefficient (Wildman–Crippen LogP) is 4.49. The van der Waals surface area contributed by atoms with E-state index >= 15 is 0 Å². The highest BCUT2D eigenvalue weighted by molar-refractivity contribution is 6.40. The van der Waals surface area contributed by atoms with E-state index < -0.39 is 23.8 Å². The highest BCUT2D eigenvalue weighted by Gasteiger charge is 2.22. The first kappa shape index (κ1) is 14.8. The second kappa shape index (κ2) is 5.77. The van der Waals surface area contributed by atoms with Crippen LogP contribution in [-0.4, -0.2) is 11.6 Å². The molecule has 0 amide bonds. The summed E-state index contributed by atoms with van der Waals surface area (Å²) in [6, 6.07) is 3.76. The van der Waals surface area contributed by atoms with Gasteiger partial charge in [-0.2, -0.15) is 0 Å². The first-order chi connectivity index (χ1) is 9.41. The normalized spacial score (nSPS) is 10.6. The molecule has 1 heterocycles. The lowest BCUT2D eigenvalue weighted by molar-refractivity contribution is 0.0893. The number of furan rings is 1. The van der Waals surface area contributed by atoms with E-state index in [9.17, 15) is 14.0 Å². The number of aryl methyl sites for hydroxylation is 1. The summed E-state index contributed by atoms with van der Waals surface area (Å²) in [4.78, 5) is 24.0. The number of Topliss-reactive ketones (excluding diaryl/α,β-unsaturated/α-hetero) is 2. The summed E-state index contributed by atoms with van der Waals surface area (Å²) in [5.74, 6) is -1.41. The van der Waals surface area contributed by atoms with E-state index in [-0.39, 0.29) is 15.6 Å². The zero-order valence-electron chi connectivity index (χ0n) is 10.4. The van der Waals surface area contributed by atoms with Crippen LogP contribution in [0.3, 0.4) is 0 Å². The van der Waals surface area contributed by atoms with Gasteiger partial charge in [0, 0.05) is 0 Å². The van der Waals surface area contributed by atoms with Gasteiger partial charge in [-0.15, -0.1) is 0 Å². The average molecular weight is 315 g/mol. The average Bonchev–Trinajstić information content (AvgIpc) is 2.80. The van der Waals surface area contributed by atoms with Gasteiger partial charge in [0.25, 0.3) is 0 Å². The van der Waals surface area contributed by atoms with Gasteiger partial charge in [-0.25, -0.2) is 4.39 Å². The Morgan fingerprint density at radius 2 is 1.90 bits per heavy atom. The molecule has 0 N–H and O–H groups in total. The van der Waals surface area contributed by atoms with Crippen molar-refractivity contribution in [1.29, 1.82) is 0 Å². The first-order valence-electron chi connectivity index (χ1n) is 5.65. The molecule has 0 saturated heterocycles. The van der Waals surface area contributed by atoms with Gasteiger partial charge in [-0.3, -0.25) is 9.59 Å². The van der Waals surface area contributed by atoms with E-state index in [0.29, 0.717) is 11.3 Å². The Morgan fingerprint density at radius 1 is 1.20 bits per heavy atom. The molecule has 104 valence electrons. The van der Waals surface area contributed by atoms with E-state index in [1.807, 2.05) is 0 Å². The molecule has 2 aromatic rings. The Bertz CT molecular complexity index is 692. The standard InChI is InChI=1S/C14H9Cl2FO3/c1-7-8(4-5-20-7)11(18)6-12(19)13-9(15)2-3-10(17)14(13)16/h2-5H,6H2,1H3. The lowest BCUT2D eigenvalue weighted by atomic mass is 10.0. The van der Waals surface area contributed by atoms with Crippen molar-refractivity contribution in [1.82, 2.24) is 0 Å². The molecular weight excluding hydrogens is 306 g/mol. The van der Waals surface area contributed by atoms with Crippen LogP contribution in [0.1, 0.15) is 32.9 Å². The number of hydrogen-bond donors (Lipinski definition) is 0. The van der Waals surface area contributed by atoms with Gasteiger partial charge in [0.05, 0.1) is 33.9 Å². The fourth-order valence-corrected chi connectivity index (χ4v) is 2.37. The van der Waals surface area contributed by atoms with E-state index in [2.05, 4.69) is 0 Å². The summed E-state index contributed by atoms with van der Waals surface area (Å²) in [5, 5.41) is -0.364. The zero-order chi connectivity index (χ0) is 14.9. The Labute approximate surface area is 124 Å². The van der Waals surface area contributed by atoms with Gasteiger partial charge >= 0.3 is 0 Å². The minimum atomic E-state index is -0.758. The van der Waals surface area contributed by atoms with E-state index in [4.69, 9.17) is 27.6 Å². The summed E-state index contributed by atoms with van der Waals surface area (Å²) in [5.41, 5.74) is 0.129. The lowest BCUT2D eigenvalue weighted by Crippen LogP contribution is -2.10. The maximum absolute atomic E-state index is 13.4. The van der Waals surface area contributed by atoms with Crippen molar-refractivity contribution in [2.45, 2.75) is 13.3 Å². The van der Waals surface area contributed by atoms with Crippen LogP contribution in [0.4, 0.5) is 4.39 Å². The number of ketones is 2.